The van der Waals surface area contributed by atoms with Crippen LogP contribution in [0.15, 0.2) is 134 Å². The van der Waals surface area contributed by atoms with E-state index in [2.05, 4.69) is 77.4 Å². The number of pyridine rings is 2. The molecule has 808 valence electrons. The lowest BCUT2D eigenvalue weighted by atomic mass is 9.73. The Morgan fingerprint density at radius 1 is 0.574 bits per heavy atom. The van der Waals surface area contributed by atoms with Gasteiger partial charge in [-0.05, 0) is 207 Å². The number of halogens is 3. The number of aliphatic hydroxyl groups excluding tert-OH is 2. The average molecular weight is 2060 g/mol. The molecule has 2 amide bonds. The standard InChI is InChI=1S/C55H75F3N8O10.C45H65N5O10.C9H11N3/c1-11-44-54(8)48(66(52(71)76-54)24-13-12-23-64-31-42(60-32-64)39-15-14-22-59-29-39)35(4)45(67)33(2)28-53(7,72-10)49(36(5)46(68)37(6)50(70)74-44)75-51-47(69)43(27-34(3)73-51)63(9)25-21-41-30-65(62-61-41)26-20-38-16-18-40(19-17-38)55(56,57)58;1-12-19-48(10)34-22-28(4)57-42(38(34)53)59-40-30(6)37(52)31(7)41(54)58-35(13-2)45(9)39(29(5)36(51)27(3)23-44(40,8)56-11)50(43(55)60-45)21-15-14-20-49-25-33(47-26-49)32-17-16-18-46-24-32;1-8-2-4-9(5-3-8)6-7-11-12-10/h14-19,22,29-37,43-44,47-49,51,69H,11-13,20-21,23-28H2,1-10H3;1,16-18,24-31,34-35,38-40,42,53H,13-15,19-23H2,2-11H3;2-5H,6-7H2,1H3/t33-,34-,35+,36+,37-,43+,44-,47-,48-,49-,51+,53-,54-;27-,28-,29+,30+,31-,34+,35-,38-,39+,40-,42+,44-,45-;/m11./s1. The van der Waals surface area contributed by atoms with Crippen molar-refractivity contribution in [2.45, 2.75) is 335 Å². The van der Waals surface area contributed by atoms with E-state index in [0.29, 0.717) is 96.3 Å². The summed E-state index contributed by atoms with van der Waals surface area (Å²) in [6, 6.07) is 18.3. The summed E-state index contributed by atoms with van der Waals surface area (Å²) in [5.74, 6) is -7.90. The van der Waals surface area contributed by atoms with Crippen molar-refractivity contribution in [2.75, 3.05) is 61.0 Å². The highest BCUT2D eigenvalue weighted by Gasteiger charge is 2.63. The summed E-state index contributed by atoms with van der Waals surface area (Å²) in [6.07, 6.45) is 12.2. The molecule has 6 fully saturated rings. The number of carbonyl (C=O) groups excluding carboxylic acids is 8. The third-order valence-corrected chi connectivity index (χ3v) is 30.7. The number of cyclic esters (lactones) is 2. The smallest absolute Gasteiger partial charge is 0.416 e. The van der Waals surface area contributed by atoms with Crippen LogP contribution >= 0.6 is 0 Å². The maximum absolute atomic E-state index is 15.0. The van der Waals surface area contributed by atoms with Crippen LogP contribution in [-0.4, -0.2) is 290 Å². The number of likely N-dealkylation sites (N-methyl/N-ethyl adjacent to an activating group) is 2. The van der Waals surface area contributed by atoms with Crippen molar-refractivity contribution in [3.8, 4) is 34.9 Å². The molecule has 36 nitrogen and oxygen atoms in total. The number of ketones is 4. The summed E-state index contributed by atoms with van der Waals surface area (Å²) < 4.78 is 108. The minimum Gasteiger partial charge on any atom is -0.458 e. The highest BCUT2D eigenvalue weighted by atomic mass is 19.4. The van der Waals surface area contributed by atoms with E-state index in [1.807, 2.05) is 90.5 Å². The van der Waals surface area contributed by atoms with Gasteiger partial charge < -0.3 is 81.4 Å². The van der Waals surface area contributed by atoms with Crippen molar-refractivity contribution in [1.29, 1.82) is 0 Å². The molecule has 2 aromatic carbocycles. The lowest BCUT2D eigenvalue weighted by molar-refractivity contribution is -0.296. The number of carbonyl (C=O) groups is 8. The number of methoxy groups -OCH3 is 2. The molecule has 6 aliphatic heterocycles. The molecule has 2 N–H and O–H groups in total. The number of unbranched alkanes of at least 4 members (excludes halogenated alkanes) is 2. The van der Waals surface area contributed by atoms with E-state index in [9.17, 15) is 61.7 Å². The van der Waals surface area contributed by atoms with E-state index < -0.39 is 197 Å². The molecule has 0 unspecified atom stereocenters. The quantitative estimate of drug-likeness (QED) is 0.00578. The number of hydrogen-bond acceptors (Lipinski definition) is 29. The fourth-order valence-electron chi connectivity index (χ4n) is 22.1. The van der Waals surface area contributed by atoms with Crippen LogP contribution in [-0.2, 0) is 121 Å². The van der Waals surface area contributed by atoms with Crippen LogP contribution in [0.4, 0.5) is 22.8 Å². The predicted molar refractivity (Wildman–Crippen MR) is 543 cm³/mol. The molecule has 0 radical (unpaired) electrons. The van der Waals surface area contributed by atoms with Gasteiger partial charge in [-0.25, -0.2) is 19.6 Å². The number of hydrogen-bond donors (Lipinski definition) is 2. The first-order valence-electron chi connectivity index (χ1n) is 51.6. The molecule has 6 saturated heterocycles. The fourth-order valence-corrected chi connectivity index (χ4v) is 22.1. The van der Waals surface area contributed by atoms with Crippen molar-refractivity contribution in [2.24, 2.45) is 52.5 Å². The fraction of sp³-hybridized carbons (Fsp3) is 0.633. The van der Waals surface area contributed by atoms with Crippen molar-refractivity contribution < 1.29 is 109 Å². The lowest BCUT2D eigenvalue weighted by Gasteiger charge is -2.47. The van der Waals surface area contributed by atoms with Crippen LogP contribution in [0.5, 0.6) is 0 Å². The van der Waals surface area contributed by atoms with Gasteiger partial charge in [0.1, 0.15) is 47.8 Å². The van der Waals surface area contributed by atoms with Crippen LogP contribution in [0.3, 0.4) is 0 Å². The number of alkyl halides is 3. The normalized spacial score (nSPS) is 31.2. The van der Waals surface area contributed by atoms with Gasteiger partial charge in [0.15, 0.2) is 35.3 Å². The Balaban J connectivity index is 0.000000257. The number of aryl methyl sites for hydroxylation is 5. The first-order valence-corrected chi connectivity index (χ1v) is 51.6. The van der Waals surface area contributed by atoms with Crippen LogP contribution in [0.25, 0.3) is 33.0 Å². The maximum Gasteiger partial charge on any atom is 0.416 e. The zero-order valence-electron chi connectivity index (χ0n) is 89.3. The molecule has 0 aliphatic carbocycles. The largest absolute Gasteiger partial charge is 0.458 e. The van der Waals surface area contributed by atoms with Gasteiger partial charge >= 0.3 is 30.3 Å². The number of azide groups is 1. The predicted octanol–water partition coefficient (Wildman–Crippen LogP) is 15.2. The maximum atomic E-state index is 15.0. The third kappa shape index (κ3) is 28.3. The Morgan fingerprint density at radius 3 is 1.42 bits per heavy atom. The summed E-state index contributed by atoms with van der Waals surface area (Å²) in [6.45, 7) is 33.2. The van der Waals surface area contributed by atoms with Gasteiger partial charge in [-0.1, -0.05) is 114 Å². The van der Waals surface area contributed by atoms with Gasteiger partial charge in [-0.2, -0.15) is 13.2 Å². The summed E-state index contributed by atoms with van der Waals surface area (Å²) >= 11 is 0. The Bertz CT molecular complexity index is 5650. The van der Waals surface area contributed by atoms with Gasteiger partial charge in [-0.15, -0.1) is 11.5 Å². The molecular weight excluding hydrogens is 1910 g/mol. The van der Waals surface area contributed by atoms with E-state index >= 15 is 0 Å². The SMILES string of the molecule is C#CCN(C)[C@H]1C[C@@H](C)O[C@@H](O[C@@H]2[C@@H](C)C(=O)[C@@H](C)C(=O)O[C@H](CC)[C@@]3(C)OC(=O)N(CCCCn4cnc(-c5cccnc5)c4)[C@H]3[C@@H](C)C(=O)[C@H](C)C[C@@]2(C)OC)[C@@H]1O.CC[C@H]1OC(=O)[C@H](C)C(=O)[C@H](C)[C@@H](O[C@@H]2O[C@H](C)C[C@H](N(C)CCc3cn(CCc4ccc(C(F)(F)F)cc4)nn3)[C@H]2O)[C@](C)(OC)C[C@@H](C)C(=O)[C@H](C)[C@H]2N(CCCCn3cnc(-c4cccnc4)c3)C(=O)O[C@]12C.Cc1ccc(CCN=[N+]=[N-])cc1. The molecule has 7 aromatic rings. The molecule has 13 rings (SSSR count). The van der Waals surface area contributed by atoms with Gasteiger partial charge in [-0.3, -0.25) is 48.3 Å². The lowest BCUT2D eigenvalue weighted by Crippen LogP contribution is -2.60. The van der Waals surface area contributed by atoms with Crippen molar-refractivity contribution >= 4 is 47.3 Å². The number of imidazole rings is 2. The summed E-state index contributed by atoms with van der Waals surface area (Å²) in [5.41, 5.74) is 9.09. The minimum absolute atomic E-state index is 0.0574. The van der Waals surface area contributed by atoms with Gasteiger partial charge in [0.25, 0.3) is 0 Å². The number of esters is 2. The first-order chi connectivity index (χ1) is 70.2. The molecule has 148 heavy (non-hydrogen) atoms. The second kappa shape index (κ2) is 52.0. The number of fused-ring (bicyclic) bond motifs is 2. The third-order valence-electron chi connectivity index (χ3n) is 30.7. The van der Waals surface area contributed by atoms with Gasteiger partial charge in [0, 0.05) is 173 Å². The second-order valence-electron chi connectivity index (χ2n) is 41.7. The number of rotatable bonds is 32. The van der Waals surface area contributed by atoms with Crippen molar-refractivity contribution in [3.05, 3.63) is 167 Å². The van der Waals surface area contributed by atoms with Gasteiger partial charge in [0.2, 0.25) is 0 Å². The summed E-state index contributed by atoms with van der Waals surface area (Å²) in [7, 11) is 6.63. The van der Waals surface area contributed by atoms with Crippen LogP contribution in [0.1, 0.15) is 203 Å². The summed E-state index contributed by atoms with van der Waals surface area (Å²) in [4.78, 5) is 142. The average Bonchev–Trinajstić information content (AvgIpc) is 1.59. The number of aliphatic hydroxyl groups is 2. The highest BCUT2D eigenvalue weighted by molar-refractivity contribution is 6.01. The highest BCUT2D eigenvalue weighted by Crippen LogP contribution is 2.47. The zero-order chi connectivity index (χ0) is 108. The molecular formula is C109H151F3N16O20. The number of Topliss-reactive ketones (excluding diaryl/α,β-unsaturated/α-hetero) is 4. The Kier molecular flexibility index (Phi) is 41.1. The molecule has 26 atom stereocenters. The number of ether oxygens (including phenoxy) is 10. The number of benzene rings is 2. The number of terminal acetylenes is 1. The topological polar surface area (TPSA) is 423 Å². The monoisotopic (exact) mass is 2060 g/mol. The first kappa shape index (κ1) is 117. The van der Waals surface area contributed by atoms with E-state index in [4.69, 9.17) is 59.3 Å². The molecule has 39 heteroatoms. The van der Waals surface area contributed by atoms with Crippen LogP contribution in [0, 0.1) is 66.6 Å². The van der Waals surface area contributed by atoms with E-state index in [0.717, 1.165) is 46.6 Å². The van der Waals surface area contributed by atoms with E-state index in [-0.39, 0.29) is 56.4 Å². The van der Waals surface area contributed by atoms with E-state index in [1.165, 1.54) is 51.3 Å². The van der Waals surface area contributed by atoms with Crippen molar-refractivity contribution in [3.63, 3.8) is 0 Å². The van der Waals surface area contributed by atoms with Crippen molar-refractivity contribution in [1.82, 2.24) is 63.7 Å². The molecule has 6 aliphatic rings. The summed E-state index contributed by atoms with van der Waals surface area (Å²) in [5, 5.41) is 35.7. The van der Waals surface area contributed by atoms with Gasteiger partial charge in [0.05, 0.1) is 89.5 Å². The molecule has 0 saturated carbocycles. The minimum atomic E-state index is -4.41. The van der Waals surface area contributed by atoms with E-state index in [1.54, 1.807) is 134 Å². The second-order valence-corrected chi connectivity index (χ2v) is 41.7. The zero-order valence-corrected chi connectivity index (χ0v) is 89.3. The Hall–Kier alpha value is -11.3. The Morgan fingerprint density at radius 2 is 1.01 bits per heavy atom. The molecule has 11 heterocycles. The molecule has 5 aromatic heterocycles. The van der Waals surface area contributed by atoms with Crippen LogP contribution < -0.4 is 0 Å². The number of nitrogens with zero attached hydrogens (tertiary/aromatic N) is 16. The van der Waals surface area contributed by atoms with Crippen LogP contribution in [0.2, 0.25) is 0 Å². The number of aromatic nitrogens is 9. The Labute approximate surface area is 866 Å². The molecule has 0 spiro atoms. The number of amides is 2. The molecule has 0 bridgehead atoms.